The number of likely N-dealkylation sites (N-methyl/N-ethyl adjacent to an activating group) is 1. The molecule has 2 aliphatic carbocycles. The lowest BCUT2D eigenvalue weighted by Gasteiger charge is -2.36. The SMILES string of the molecule is CN1CCN(c2nc(N3CCN(c4ccc(C(=O)N[C@H](C(=O)N5C[C@H](C6CC6)[C@H]6OCC(=O)[C@H]65)C5CCCC5)cc4)CC3)cs2)CC1. The van der Waals surface area contributed by atoms with Gasteiger partial charge in [-0.15, -0.1) is 11.3 Å². The highest BCUT2D eigenvalue weighted by Gasteiger charge is 2.57. The Labute approximate surface area is 281 Å². The minimum absolute atomic E-state index is 0.00131. The van der Waals surface area contributed by atoms with Crippen LogP contribution in [0.1, 0.15) is 48.9 Å². The van der Waals surface area contributed by atoms with Crippen LogP contribution in [0.5, 0.6) is 0 Å². The van der Waals surface area contributed by atoms with Gasteiger partial charge in [-0.1, -0.05) is 12.8 Å². The number of ketones is 1. The molecular weight excluding hydrogens is 614 g/mol. The number of fused-ring (bicyclic) bond motifs is 1. The highest BCUT2D eigenvalue weighted by molar-refractivity contribution is 7.14. The predicted octanol–water partition coefficient (Wildman–Crippen LogP) is 2.72. The number of ether oxygens (including phenoxy) is 1. The summed E-state index contributed by atoms with van der Waals surface area (Å²) in [6.45, 7) is 8.41. The van der Waals surface area contributed by atoms with E-state index in [-0.39, 0.29) is 42.1 Å². The molecule has 252 valence electrons. The van der Waals surface area contributed by atoms with E-state index < -0.39 is 12.1 Å². The average Bonchev–Trinajstić information content (AvgIpc) is 3.48. The molecular formula is C35H47N7O4S. The summed E-state index contributed by atoms with van der Waals surface area (Å²) in [7, 11) is 2.17. The molecule has 2 saturated carbocycles. The minimum Gasteiger partial charge on any atom is -0.368 e. The number of piperazine rings is 2. The number of aromatic nitrogens is 1. The van der Waals surface area contributed by atoms with Crippen molar-refractivity contribution in [1.82, 2.24) is 20.1 Å². The van der Waals surface area contributed by atoms with Crippen LogP contribution < -0.4 is 20.0 Å². The number of anilines is 3. The Hall–Kier alpha value is -3.22. The highest BCUT2D eigenvalue weighted by atomic mass is 32.1. The number of benzene rings is 1. The number of nitrogens with one attached hydrogen (secondary N) is 1. The van der Waals surface area contributed by atoms with Gasteiger partial charge in [-0.25, -0.2) is 4.98 Å². The molecule has 12 heteroatoms. The monoisotopic (exact) mass is 661 g/mol. The number of carbonyl (C=O) groups excluding carboxylic acids is 3. The Morgan fingerprint density at radius 3 is 2.30 bits per heavy atom. The second-order valence-corrected chi connectivity index (χ2v) is 15.3. The zero-order chi connectivity index (χ0) is 32.1. The Balaban J connectivity index is 0.890. The third kappa shape index (κ3) is 6.24. The van der Waals surface area contributed by atoms with E-state index in [0.29, 0.717) is 18.0 Å². The quantitative estimate of drug-likeness (QED) is 0.458. The van der Waals surface area contributed by atoms with Gasteiger partial charge in [0.1, 0.15) is 24.5 Å². The van der Waals surface area contributed by atoms with Crippen molar-refractivity contribution >= 4 is 45.6 Å². The summed E-state index contributed by atoms with van der Waals surface area (Å²) in [5.74, 6) is 1.60. The summed E-state index contributed by atoms with van der Waals surface area (Å²) in [4.78, 5) is 56.8. The van der Waals surface area contributed by atoms with Crippen molar-refractivity contribution in [1.29, 1.82) is 0 Å². The standard InChI is InChI=1S/C35H47N7O4S/c1-38-12-14-41(15-13-38)35-36-29(22-47-35)40-18-16-39(17-19-40)26-10-8-25(9-11-26)33(44)37-30(24-4-2-3-5-24)34(45)42-20-27(23-6-7-23)32-31(42)28(43)21-46-32/h8-11,22-24,27,30-32H,2-7,12-21H2,1H3,(H,37,44)/t27-,30+,31-,32-/m1/s1. The molecule has 4 saturated heterocycles. The van der Waals surface area contributed by atoms with Crippen LogP contribution in [0.2, 0.25) is 0 Å². The number of amides is 2. The van der Waals surface area contributed by atoms with E-state index in [1.165, 1.54) is 0 Å². The van der Waals surface area contributed by atoms with Gasteiger partial charge in [-0.05, 0) is 68.8 Å². The first-order valence-corrected chi connectivity index (χ1v) is 18.6. The number of rotatable bonds is 8. The van der Waals surface area contributed by atoms with Crippen LogP contribution in [0.4, 0.5) is 16.6 Å². The fourth-order valence-corrected chi connectivity index (χ4v) is 9.39. The molecule has 2 amide bonds. The fraction of sp³-hybridized carbons (Fsp3) is 0.657. The van der Waals surface area contributed by atoms with Crippen LogP contribution in [-0.2, 0) is 14.3 Å². The lowest BCUT2D eigenvalue weighted by molar-refractivity contribution is -0.139. The number of thiazole rings is 1. The molecule has 0 spiro atoms. The van der Waals surface area contributed by atoms with Crippen molar-refractivity contribution in [2.45, 2.75) is 56.7 Å². The number of hydrogen-bond donors (Lipinski definition) is 1. The fourth-order valence-electron chi connectivity index (χ4n) is 8.50. The van der Waals surface area contributed by atoms with Crippen LogP contribution in [0, 0.1) is 17.8 Å². The van der Waals surface area contributed by atoms with Crippen molar-refractivity contribution in [2.75, 3.05) is 87.3 Å². The first-order chi connectivity index (χ1) is 22.9. The minimum atomic E-state index is -0.618. The van der Waals surface area contributed by atoms with Crippen LogP contribution >= 0.6 is 11.3 Å². The molecule has 8 rings (SSSR count). The molecule has 2 aromatic rings. The summed E-state index contributed by atoms with van der Waals surface area (Å²) in [5.41, 5.74) is 1.65. The van der Waals surface area contributed by atoms with E-state index in [4.69, 9.17) is 9.72 Å². The molecule has 1 N–H and O–H groups in total. The molecule has 4 aliphatic heterocycles. The van der Waals surface area contributed by atoms with Crippen LogP contribution in [0.15, 0.2) is 29.6 Å². The molecule has 1 aromatic carbocycles. The number of likely N-dealkylation sites (tertiary alicyclic amines) is 1. The van der Waals surface area contributed by atoms with E-state index in [9.17, 15) is 14.4 Å². The highest BCUT2D eigenvalue weighted by Crippen LogP contribution is 2.46. The van der Waals surface area contributed by atoms with Gasteiger partial charge in [0.05, 0.1) is 6.10 Å². The van der Waals surface area contributed by atoms with E-state index in [1.54, 1.807) is 16.2 Å². The summed E-state index contributed by atoms with van der Waals surface area (Å²) in [5, 5.41) is 6.45. The van der Waals surface area contributed by atoms with E-state index in [1.807, 2.05) is 24.3 Å². The Kier molecular flexibility index (Phi) is 8.60. The lowest BCUT2D eigenvalue weighted by atomic mass is 9.95. The van der Waals surface area contributed by atoms with Crippen molar-refractivity contribution in [3.05, 3.63) is 35.2 Å². The van der Waals surface area contributed by atoms with Crippen molar-refractivity contribution < 1.29 is 19.1 Å². The maximum Gasteiger partial charge on any atom is 0.251 e. The lowest BCUT2D eigenvalue weighted by Crippen LogP contribution is -2.54. The molecule has 4 atom stereocenters. The van der Waals surface area contributed by atoms with Gasteiger partial charge >= 0.3 is 0 Å². The molecule has 0 radical (unpaired) electrons. The van der Waals surface area contributed by atoms with Gasteiger partial charge in [-0.2, -0.15) is 0 Å². The molecule has 0 unspecified atom stereocenters. The first-order valence-electron chi connectivity index (χ1n) is 17.7. The number of hydrogen-bond acceptors (Lipinski definition) is 10. The molecule has 5 heterocycles. The van der Waals surface area contributed by atoms with Crippen molar-refractivity contribution in [2.24, 2.45) is 17.8 Å². The smallest absolute Gasteiger partial charge is 0.251 e. The molecule has 6 fully saturated rings. The second-order valence-electron chi connectivity index (χ2n) is 14.5. The molecule has 47 heavy (non-hydrogen) atoms. The molecule has 0 bridgehead atoms. The maximum absolute atomic E-state index is 14.1. The van der Waals surface area contributed by atoms with Crippen LogP contribution in [0.3, 0.4) is 0 Å². The van der Waals surface area contributed by atoms with Gasteiger partial charge in [-0.3, -0.25) is 14.4 Å². The Bertz CT molecular complexity index is 1460. The topological polar surface area (TPSA) is 102 Å². The second kappa shape index (κ2) is 13.0. The normalized spacial score (nSPS) is 27.9. The molecule has 6 aliphatic rings. The average molecular weight is 662 g/mol. The van der Waals surface area contributed by atoms with E-state index >= 15 is 0 Å². The van der Waals surface area contributed by atoms with Gasteiger partial charge < -0.3 is 34.6 Å². The van der Waals surface area contributed by atoms with E-state index in [0.717, 1.165) is 108 Å². The van der Waals surface area contributed by atoms with Gasteiger partial charge in [0.15, 0.2) is 10.9 Å². The zero-order valence-electron chi connectivity index (χ0n) is 27.4. The van der Waals surface area contributed by atoms with Crippen molar-refractivity contribution in [3.8, 4) is 0 Å². The zero-order valence-corrected chi connectivity index (χ0v) is 28.2. The van der Waals surface area contributed by atoms with Gasteiger partial charge in [0.2, 0.25) is 5.91 Å². The largest absolute Gasteiger partial charge is 0.368 e. The summed E-state index contributed by atoms with van der Waals surface area (Å²) < 4.78 is 5.91. The number of nitrogens with zero attached hydrogens (tertiary/aromatic N) is 6. The molecule has 1 aromatic heterocycles. The maximum atomic E-state index is 14.1. The Morgan fingerprint density at radius 1 is 0.915 bits per heavy atom. The van der Waals surface area contributed by atoms with Gasteiger partial charge in [0, 0.05) is 81.5 Å². The summed E-state index contributed by atoms with van der Waals surface area (Å²) >= 11 is 1.74. The third-order valence-electron chi connectivity index (χ3n) is 11.5. The third-order valence-corrected chi connectivity index (χ3v) is 12.4. The van der Waals surface area contributed by atoms with Crippen molar-refractivity contribution in [3.63, 3.8) is 0 Å². The number of carbonyl (C=O) groups is 3. The Morgan fingerprint density at radius 2 is 1.60 bits per heavy atom. The van der Waals surface area contributed by atoms with E-state index in [2.05, 4.69) is 37.3 Å². The van der Waals surface area contributed by atoms with Gasteiger partial charge in [0.25, 0.3) is 5.91 Å². The van der Waals surface area contributed by atoms with Crippen LogP contribution in [-0.4, -0.2) is 123 Å². The summed E-state index contributed by atoms with van der Waals surface area (Å²) in [6.07, 6.45) is 6.05. The first kappa shape index (κ1) is 31.1. The summed E-state index contributed by atoms with van der Waals surface area (Å²) in [6, 6.07) is 6.67. The molecule has 11 nitrogen and oxygen atoms in total. The predicted molar refractivity (Wildman–Crippen MR) is 182 cm³/mol. The van der Waals surface area contributed by atoms with Crippen LogP contribution in [0.25, 0.3) is 0 Å². The number of Topliss-reactive ketones (excluding diaryl/α,β-unsaturated/α-hetero) is 1.